The molecule has 23 heavy (non-hydrogen) atoms. The van der Waals surface area contributed by atoms with Crippen LogP contribution in [0.3, 0.4) is 0 Å². The summed E-state index contributed by atoms with van der Waals surface area (Å²) in [5.41, 5.74) is -0.381. The normalized spacial score (nSPS) is 17.9. The van der Waals surface area contributed by atoms with Crippen LogP contribution in [-0.4, -0.2) is 46.2 Å². The van der Waals surface area contributed by atoms with Crippen molar-refractivity contribution in [2.45, 2.75) is 45.3 Å². The topological polar surface area (TPSA) is 95.9 Å². The Morgan fingerprint density at radius 3 is 2.70 bits per heavy atom. The van der Waals surface area contributed by atoms with Gasteiger partial charge in [-0.1, -0.05) is 0 Å². The van der Waals surface area contributed by atoms with Crippen LogP contribution < -0.4 is 5.32 Å². The molecule has 1 aromatic heterocycles. The lowest BCUT2D eigenvalue weighted by molar-refractivity contribution is -0.120. The van der Waals surface area contributed by atoms with Crippen LogP contribution in [0.25, 0.3) is 0 Å². The summed E-state index contributed by atoms with van der Waals surface area (Å²) < 4.78 is 5.31. The van der Waals surface area contributed by atoms with E-state index in [1.54, 1.807) is 32.2 Å². The van der Waals surface area contributed by atoms with Gasteiger partial charge in [-0.2, -0.15) is 0 Å². The van der Waals surface area contributed by atoms with Gasteiger partial charge in [-0.05, 0) is 45.1 Å². The number of aromatic carboxylic acids is 1. The number of thiophene rings is 1. The van der Waals surface area contributed by atoms with Gasteiger partial charge < -0.3 is 15.2 Å². The van der Waals surface area contributed by atoms with E-state index in [0.717, 1.165) is 11.3 Å². The molecule has 1 fully saturated rings. The number of ether oxygens (including phenoxy) is 1. The summed E-state index contributed by atoms with van der Waals surface area (Å²) in [6, 6.07) is 0.894. The van der Waals surface area contributed by atoms with Gasteiger partial charge in [-0.25, -0.2) is 9.59 Å². The molecule has 8 heteroatoms. The monoisotopic (exact) mass is 340 g/mol. The maximum atomic E-state index is 12.4. The van der Waals surface area contributed by atoms with Crippen LogP contribution in [0.4, 0.5) is 10.5 Å². The van der Waals surface area contributed by atoms with Crippen LogP contribution in [-0.2, 0) is 9.53 Å². The van der Waals surface area contributed by atoms with Crippen molar-refractivity contribution in [3.05, 3.63) is 16.3 Å². The highest BCUT2D eigenvalue weighted by Crippen LogP contribution is 2.25. The molecule has 0 spiro atoms. The van der Waals surface area contributed by atoms with Gasteiger partial charge in [0.2, 0.25) is 5.91 Å². The summed E-state index contributed by atoms with van der Waals surface area (Å²) in [6.45, 7) is 5.74. The Balaban J connectivity index is 2.07. The van der Waals surface area contributed by atoms with Gasteiger partial charge in [0.25, 0.3) is 0 Å². The van der Waals surface area contributed by atoms with E-state index in [9.17, 15) is 14.4 Å². The summed E-state index contributed by atoms with van der Waals surface area (Å²) in [7, 11) is 0. The van der Waals surface area contributed by atoms with Crippen molar-refractivity contribution >= 4 is 35.0 Å². The van der Waals surface area contributed by atoms with E-state index in [-0.39, 0.29) is 10.6 Å². The number of carbonyl (C=O) groups excluding carboxylic acids is 2. The van der Waals surface area contributed by atoms with Crippen LogP contribution >= 0.6 is 11.3 Å². The molecule has 0 saturated carbocycles. The van der Waals surface area contributed by atoms with Crippen molar-refractivity contribution in [1.82, 2.24) is 4.90 Å². The number of carboxylic acids is 1. The van der Waals surface area contributed by atoms with Crippen molar-refractivity contribution in [2.24, 2.45) is 0 Å². The number of likely N-dealkylation sites (tertiary alicyclic amines) is 1. The highest BCUT2D eigenvalue weighted by molar-refractivity contribution is 7.12. The molecular formula is C15H20N2O5S. The van der Waals surface area contributed by atoms with E-state index < -0.39 is 29.6 Å². The second kappa shape index (κ2) is 6.57. The molecule has 2 rings (SSSR count). The Morgan fingerprint density at radius 2 is 2.09 bits per heavy atom. The number of hydrogen-bond acceptors (Lipinski definition) is 5. The van der Waals surface area contributed by atoms with E-state index in [2.05, 4.69) is 5.32 Å². The molecule has 1 saturated heterocycles. The lowest BCUT2D eigenvalue weighted by Crippen LogP contribution is -2.45. The van der Waals surface area contributed by atoms with Crippen LogP contribution in [0.1, 0.15) is 43.3 Å². The molecule has 2 N–H and O–H groups in total. The van der Waals surface area contributed by atoms with Gasteiger partial charge in [0, 0.05) is 6.54 Å². The van der Waals surface area contributed by atoms with Gasteiger partial charge in [0.1, 0.15) is 16.5 Å². The maximum Gasteiger partial charge on any atom is 0.410 e. The Labute approximate surface area is 138 Å². The summed E-state index contributed by atoms with van der Waals surface area (Å²) >= 11 is 1.04. The lowest BCUT2D eigenvalue weighted by Gasteiger charge is -2.28. The van der Waals surface area contributed by atoms with Crippen LogP contribution in [0.5, 0.6) is 0 Å². The molecule has 0 aliphatic carbocycles. The molecule has 0 radical (unpaired) electrons. The van der Waals surface area contributed by atoms with Gasteiger partial charge >= 0.3 is 12.1 Å². The number of carboxylic acid groups (broad SMARTS) is 1. The summed E-state index contributed by atoms with van der Waals surface area (Å²) in [5, 5.41) is 13.3. The minimum Gasteiger partial charge on any atom is -0.477 e. The van der Waals surface area contributed by atoms with E-state index in [0.29, 0.717) is 19.4 Å². The average molecular weight is 340 g/mol. The second-order valence-corrected chi connectivity index (χ2v) is 7.21. The van der Waals surface area contributed by atoms with E-state index >= 15 is 0 Å². The highest BCUT2D eigenvalue weighted by atomic mass is 32.1. The van der Waals surface area contributed by atoms with Gasteiger partial charge in [-0.3, -0.25) is 9.69 Å². The van der Waals surface area contributed by atoms with E-state index in [1.165, 1.54) is 4.90 Å². The molecule has 0 bridgehead atoms. The number of anilines is 1. The molecular weight excluding hydrogens is 320 g/mol. The van der Waals surface area contributed by atoms with Gasteiger partial charge in [0.15, 0.2) is 0 Å². The van der Waals surface area contributed by atoms with E-state index in [4.69, 9.17) is 9.84 Å². The first-order valence-electron chi connectivity index (χ1n) is 7.30. The Kier molecular flexibility index (Phi) is 4.93. The van der Waals surface area contributed by atoms with Crippen LogP contribution in [0.15, 0.2) is 11.4 Å². The van der Waals surface area contributed by atoms with Crippen molar-refractivity contribution < 1.29 is 24.2 Å². The number of nitrogens with zero attached hydrogens (tertiary/aromatic N) is 1. The standard InChI is InChI=1S/C15H20N2O5S/c1-15(2,3)22-14(21)17-7-4-5-10(17)12(18)16-9-6-8-23-11(9)13(19)20/h6,8,10H,4-5,7H2,1-3H3,(H,16,18)(H,19,20)/t10-/m0/s1. The number of carbonyl (C=O) groups is 3. The zero-order chi connectivity index (χ0) is 17.2. The molecule has 2 heterocycles. The minimum atomic E-state index is -1.09. The van der Waals surface area contributed by atoms with E-state index in [1.807, 2.05) is 0 Å². The van der Waals surface area contributed by atoms with Crippen molar-refractivity contribution in [3.63, 3.8) is 0 Å². The lowest BCUT2D eigenvalue weighted by atomic mass is 10.2. The van der Waals surface area contributed by atoms with Gasteiger partial charge in [-0.15, -0.1) is 11.3 Å². The van der Waals surface area contributed by atoms with Crippen molar-refractivity contribution in [3.8, 4) is 0 Å². The molecule has 1 aliphatic rings. The molecule has 0 aromatic carbocycles. The molecule has 2 amide bonds. The smallest absolute Gasteiger partial charge is 0.410 e. The quantitative estimate of drug-likeness (QED) is 0.882. The molecule has 7 nitrogen and oxygen atoms in total. The Morgan fingerprint density at radius 1 is 1.39 bits per heavy atom. The Bertz CT molecular complexity index is 620. The third-order valence-corrected chi connectivity index (χ3v) is 4.20. The first-order chi connectivity index (χ1) is 10.7. The molecule has 126 valence electrons. The predicted octanol–water partition coefficient (Wildman–Crippen LogP) is 2.78. The first-order valence-corrected chi connectivity index (χ1v) is 8.18. The third kappa shape index (κ3) is 4.22. The summed E-state index contributed by atoms with van der Waals surface area (Å²) in [4.78, 5) is 37.2. The average Bonchev–Trinajstić information content (AvgIpc) is 3.04. The second-order valence-electron chi connectivity index (χ2n) is 6.29. The number of nitrogens with one attached hydrogen (secondary N) is 1. The Hall–Kier alpha value is -2.09. The molecule has 1 atom stereocenters. The number of rotatable bonds is 3. The maximum absolute atomic E-state index is 12.4. The SMILES string of the molecule is CC(C)(C)OC(=O)N1CCC[C@H]1C(=O)Nc1ccsc1C(=O)O. The number of hydrogen-bond donors (Lipinski definition) is 2. The fourth-order valence-corrected chi connectivity index (χ4v) is 3.05. The van der Waals surface area contributed by atoms with Gasteiger partial charge in [0.05, 0.1) is 5.69 Å². The zero-order valence-corrected chi connectivity index (χ0v) is 14.1. The third-order valence-electron chi connectivity index (χ3n) is 3.30. The number of amides is 2. The fraction of sp³-hybridized carbons (Fsp3) is 0.533. The van der Waals surface area contributed by atoms with Crippen LogP contribution in [0.2, 0.25) is 0 Å². The highest BCUT2D eigenvalue weighted by Gasteiger charge is 2.37. The van der Waals surface area contributed by atoms with Crippen molar-refractivity contribution in [1.29, 1.82) is 0 Å². The molecule has 0 unspecified atom stereocenters. The minimum absolute atomic E-state index is 0.0696. The first kappa shape index (κ1) is 17.3. The molecule has 1 aliphatic heterocycles. The van der Waals surface area contributed by atoms with Crippen molar-refractivity contribution in [2.75, 3.05) is 11.9 Å². The molecule has 1 aromatic rings. The zero-order valence-electron chi connectivity index (χ0n) is 13.3. The predicted molar refractivity (Wildman–Crippen MR) is 85.9 cm³/mol. The summed E-state index contributed by atoms with van der Waals surface area (Å²) in [5.74, 6) is -1.49. The fourth-order valence-electron chi connectivity index (χ4n) is 2.37. The largest absolute Gasteiger partial charge is 0.477 e. The van der Waals surface area contributed by atoms with Crippen LogP contribution in [0, 0.1) is 0 Å². The summed E-state index contributed by atoms with van der Waals surface area (Å²) in [6.07, 6.45) is 0.698.